The van der Waals surface area contributed by atoms with Crippen molar-refractivity contribution in [3.05, 3.63) is 47.7 Å². The number of aromatic nitrogens is 1. The summed E-state index contributed by atoms with van der Waals surface area (Å²) in [5, 5.41) is 3.26. The van der Waals surface area contributed by atoms with E-state index in [2.05, 4.69) is 10.3 Å². The van der Waals surface area contributed by atoms with Crippen LogP contribution in [-0.2, 0) is 19.6 Å². The van der Waals surface area contributed by atoms with Gasteiger partial charge in [-0.15, -0.1) is 0 Å². The van der Waals surface area contributed by atoms with E-state index in [4.69, 9.17) is 21.1 Å². The average molecular weight is 454 g/mol. The number of amides is 1. The molecule has 0 saturated carbocycles. The molecule has 1 aliphatic rings. The van der Waals surface area contributed by atoms with E-state index in [0.717, 1.165) is 0 Å². The number of hydrogen-bond acceptors (Lipinski definition) is 6. The third kappa shape index (κ3) is 5.28. The summed E-state index contributed by atoms with van der Waals surface area (Å²) in [6, 6.07) is 8.23. The number of nitrogens with one attached hydrogen (secondary N) is 1. The first kappa shape index (κ1) is 22.5. The van der Waals surface area contributed by atoms with Gasteiger partial charge in [0.25, 0.3) is 0 Å². The second-order valence-electron chi connectivity index (χ2n) is 6.81. The van der Waals surface area contributed by atoms with Crippen LogP contribution in [0.4, 0.5) is 5.69 Å². The second kappa shape index (κ2) is 10.2. The monoisotopic (exact) mass is 453 g/mol. The number of hydrogen-bond donors (Lipinski definition) is 1. The molecular formula is C20H24ClN3O5S. The predicted molar refractivity (Wildman–Crippen MR) is 113 cm³/mol. The highest BCUT2D eigenvalue weighted by molar-refractivity contribution is 7.89. The molecule has 8 nitrogen and oxygen atoms in total. The number of rotatable bonds is 8. The molecule has 0 radical (unpaired) electrons. The summed E-state index contributed by atoms with van der Waals surface area (Å²) in [7, 11) is -2.04. The van der Waals surface area contributed by atoms with Crippen LogP contribution in [0.3, 0.4) is 0 Å². The predicted octanol–water partition coefficient (Wildman–Crippen LogP) is 2.80. The Kier molecular flexibility index (Phi) is 7.65. The summed E-state index contributed by atoms with van der Waals surface area (Å²) in [5.41, 5.74) is 0.481. The molecule has 10 heteroatoms. The number of anilines is 1. The summed E-state index contributed by atoms with van der Waals surface area (Å²) in [5.74, 6) is -0.107. The van der Waals surface area contributed by atoms with Gasteiger partial charge >= 0.3 is 0 Å². The van der Waals surface area contributed by atoms with E-state index >= 15 is 0 Å². The van der Waals surface area contributed by atoms with Crippen molar-refractivity contribution < 1.29 is 22.7 Å². The number of carbonyl (C=O) groups excluding carboxylic acids is 1. The van der Waals surface area contributed by atoms with Crippen LogP contribution in [0, 0.1) is 5.92 Å². The fraction of sp³-hybridized carbons (Fsp3) is 0.400. The quantitative estimate of drug-likeness (QED) is 0.617. The molecule has 0 spiro atoms. The highest BCUT2D eigenvalue weighted by atomic mass is 35.5. The molecule has 2 aromatic rings. The van der Waals surface area contributed by atoms with E-state index in [1.807, 2.05) is 0 Å². The zero-order valence-electron chi connectivity index (χ0n) is 16.6. The van der Waals surface area contributed by atoms with Crippen molar-refractivity contribution in [1.82, 2.24) is 9.29 Å². The van der Waals surface area contributed by atoms with E-state index in [1.165, 1.54) is 22.8 Å². The van der Waals surface area contributed by atoms with Crippen LogP contribution in [0.5, 0.6) is 5.75 Å². The van der Waals surface area contributed by atoms with Gasteiger partial charge < -0.3 is 14.8 Å². The molecule has 0 atom stereocenters. The first-order valence-corrected chi connectivity index (χ1v) is 11.4. The Balaban J connectivity index is 1.62. The fourth-order valence-corrected chi connectivity index (χ4v) is 4.89. The fourth-order valence-electron chi connectivity index (χ4n) is 3.22. The topological polar surface area (TPSA) is 97.8 Å². The van der Waals surface area contributed by atoms with Crippen molar-refractivity contribution in [3.63, 3.8) is 0 Å². The first-order chi connectivity index (χ1) is 14.4. The van der Waals surface area contributed by atoms with Gasteiger partial charge in [-0.1, -0.05) is 17.7 Å². The number of benzene rings is 1. The molecule has 0 aliphatic carbocycles. The molecule has 1 N–H and O–H groups in total. The molecule has 2 heterocycles. The molecule has 0 unspecified atom stereocenters. The molecule has 1 aromatic carbocycles. The number of para-hydroxylation sites is 1. The average Bonchev–Trinajstić information content (AvgIpc) is 2.76. The number of sulfonamides is 1. The highest BCUT2D eigenvalue weighted by Gasteiger charge is 2.32. The number of methoxy groups -OCH3 is 1. The first-order valence-electron chi connectivity index (χ1n) is 9.54. The lowest BCUT2D eigenvalue weighted by atomic mass is 9.97. The van der Waals surface area contributed by atoms with E-state index in [-0.39, 0.29) is 29.8 Å². The van der Waals surface area contributed by atoms with Crippen molar-refractivity contribution in [2.24, 2.45) is 5.92 Å². The van der Waals surface area contributed by atoms with E-state index in [0.29, 0.717) is 42.5 Å². The molecule has 3 rings (SSSR count). The van der Waals surface area contributed by atoms with Gasteiger partial charge in [0.2, 0.25) is 15.9 Å². The molecule has 1 aliphatic heterocycles. The van der Waals surface area contributed by atoms with Gasteiger partial charge in [-0.2, -0.15) is 4.31 Å². The lowest BCUT2D eigenvalue weighted by molar-refractivity contribution is -0.120. The molecule has 1 amide bonds. The molecule has 162 valence electrons. The SMILES string of the molecule is COCCOc1c(Cl)cccc1NC(=O)C1CCN(S(=O)(=O)c2cccnc2)CC1. The summed E-state index contributed by atoms with van der Waals surface area (Å²) in [6.07, 6.45) is 3.70. The maximum atomic E-state index is 12.8. The lowest BCUT2D eigenvalue weighted by Crippen LogP contribution is -2.41. The minimum Gasteiger partial charge on any atom is -0.487 e. The number of ether oxygens (including phenoxy) is 2. The van der Waals surface area contributed by atoms with Crippen LogP contribution < -0.4 is 10.1 Å². The Hall–Kier alpha value is -2.20. The van der Waals surface area contributed by atoms with Crippen molar-refractivity contribution in [2.45, 2.75) is 17.7 Å². The minimum absolute atomic E-state index is 0.157. The van der Waals surface area contributed by atoms with Gasteiger partial charge in [0.1, 0.15) is 11.5 Å². The number of pyridine rings is 1. The second-order valence-corrected chi connectivity index (χ2v) is 9.16. The third-order valence-corrected chi connectivity index (χ3v) is 7.04. The molecule has 30 heavy (non-hydrogen) atoms. The summed E-state index contributed by atoms with van der Waals surface area (Å²) < 4.78 is 37.4. The van der Waals surface area contributed by atoms with Crippen molar-refractivity contribution in [2.75, 3.05) is 38.7 Å². The minimum atomic E-state index is -3.61. The molecular weight excluding hydrogens is 430 g/mol. The summed E-state index contributed by atoms with van der Waals surface area (Å²) in [6.45, 7) is 1.22. The van der Waals surface area contributed by atoms with Gasteiger partial charge in [0.15, 0.2) is 5.75 Å². The van der Waals surface area contributed by atoms with Crippen molar-refractivity contribution in [1.29, 1.82) is 0 Å². The lowest BCUT2D eigenvalue weighted by Gasteiger charge is -2.30. The molecule has 1 aromatic heterocycles. The molecule has 1 saturated heterocycles. The normalized spacial score (nSPS) is 15.7. The number of nitrogens with zero attached hydrogens (tertiary/aromatic N) is 2. The molecule has 1 fully saturated rings. The molecule has 0 bridgehead atoms. The number of halogens is 1. The van der Waals surface area contributed by atoms with Crippen LogP contribution >= 0.6 is 11.6 Å². The van der Waals surface area contributed by atoms with Gasteiger partial charge in [-0.3, -0.25) is 9.78 Å². The Morgan fingerprint density at radius 2 is 2.00 bits per heavy atom. The Morgan fingerprint density at radius 3 is 2.67 bits per heavy atom. The van der Waals surface area contributed by atoms with Crippen LogP contribution in [0.2, 0.25) is 5.02 Å². The summed E-state index contributed by atoms with van der Waals surface area (Å²) >= 11 is 6.21. The van der Waals surface area contributed by atoms with Crippen molar-refractivity contribution >= 4 is 33.2 Å². The smallest absolute Gasteiger partial charge is 0.244 e. The maximum Gasteiger partial charge on any atom is 0.244 e. The third-order valence-electron chi connectivity index (χ3n) is 4.86. The van der Waals surface area contributed by atoms with E-state index in [1.54, 1.807) is 31.4 Å². The largest absolute Gasteiger partial charge is 0.487 e. The Labute approximate surface area is 181 Å². The van der Waals surface area contributed by atoms with Gasteiger partial charge in [0, 0.05) is 38.5 Å². The van der Waals surface area contributed by atoms with Gasteiger partial charge in [-0.05, 0) is 37.1 Å². The maximum absolute atomic E-state index is 12.8. The van der Waals surface area contributed by atoms with Crippen LogP contribution in [0.15, 0.2) is 47.6 Å². The van der Waals surface area contributed by atoms with Crippen LogP contribution in [0.25, 0.3) is 0 Å². The van der Waals surface area contributed by atoms with Gasteiger partial charge in [-0.25, -0.2) is 8.42 Å². The Bertz CT molecular complexity index is 964. The Morgan fingerprint density at radius 1 is 1.23 bits per heavy atom. The zero-order valence-corrected chi connectivity index (χ0v) is 18.2. The number of piperidine rings is 1. The number of carbonyl (C=O) groups is 1. The van der Waals surface area contributed by atoms with E-state index < -0.39 is 10.0 Å². The van der Waals surface area contributed by atoms with Gasteiger partial charge in [0.05, 0.1) is 17.3 Å². The summed E-state index contributed by atoms with van der Waals surface area (Å²) in [4.78, 5) is 16.8. The van der Waals surface area contributed by atoms with Crippen LogP contribution in [-0.4, -0.2) is 57.0 Å². The highest BCUT2D eigenvalue weighted by Crippen LogP contribution is 2.34. The van der Waals surface area contributed by atoms with Crippen LogP contribution in [0.1, 0.15) is 12.8 Å². The van der Waals surface area contributed by atoms with Crippen molar-refractivity contribution in [3.8, 4) is 5.75 Å². The standard InChI is InChI=1S/C20H24ClN3O5S/c1-28-12-13-29-19-17(21)5-2-6-18(19)23-20(25)15-7-10-24(11-8-15)30(26,27)16-4-3-9-22-14-16/h2-6,9,14-15H,7-8,10-13H2,1H3,(H,23,25). The van der Waals surface area contributed by atoms with E-state index in [9.17, 15) is 13.2 Å². The zero-order chi connectivity index (χ0) is 21.6.